The monoisotopic (exact) mass is 279 g/mol. The molecule has 0 saturated carbocycles. The highest BCUT2D eigenvalue weighted by atomic mass is 16.4. The zero-order valence-corrected chi connectivity index (χ0v) is 11.7. The molecule has 1 aromatic rings. The van der Waals surface area contributed by atoms with Crippen LogP contribution < -0.4 is 0 Å². The highest BCUT2D eigenvalue weighted by Crippen LogP contribution is 2.39. The fraction of sp³-hybridized carbons (Fsp3) is 0.500. The third kappa shape index (κ3) is 2.21. The number of likely N-dealkylation sites (tertiary alicyclic amines) is 1. The number of hydrogen-bond acceptors (Lipinski definition) is 4. The van der Waals surface area contributed by atoms with Gasteiger partial charge in [0.05, 0.1) is 12.0 Å². The fourth-order valence-electron chi connectivity index (χ4n) is 2.25. The second-order valence-electron chi connectivity index (χ2n) is 5.61. The van der Waals surface area contributed by atoms with Crippen LogP contribution in [0.3, 0.4) is 0 Å². The van der Waals surface area contributed by atoms with Gasteiger partial charge in [0.15, 0.2) is 0 Å². The number of furan rings is 1. The first-order valence-corrected chi connectivity index (χ1v) is 6.42. The Hall–Kier alpha value is -2.11. The maximum atomic E-state index is 12.4. The van der Waals surface area contributed by atoms with Crippen molar-refractivity contribution in [1.82, 2.24) is 4.90 Å². The molecular formula is C14H17NO5. The first-order chi connectivity index (χ1) is 9.25. The van der Waals surface area contributed by atoms with E-state index in [0.29, 0.717) is 0 Å². The van der Waals surface area contributed by atoms with E-state index in [1.54, 1.807) is 6.92 Å². The molecule has 108 valence electrons. The second-order valence-corrected chi connectivity index (χ2v) is 5.61. The van der Waals surface area contributed by atoms with Crippen LogP contribution in [0.1, 0.15) is 43.5 Å². The van der Waals surface area contributed by atoms with Crippen LogP contribution in [-0.2, 0) is 16.1 Å². The topological polar surface area (TPSA) is 87.8 Å². The van der Waals surface area contributed by atoms with Gasteiger partial charge < -0.3 is 9.52 Å². The lowest BCUT2D eigenvalue weighted by molar-refractivity contribution is -0.143. The Bertz CT molecular complexity index is 574. The molecule has 1 fully saturated rings. The van der Waals surface area contributed by atoms with Gasteiger partial charge in [-0.2, -0.15) is 0 Å². The lowest BCUT2D eigenvalue weighted by Crippen LogP contribution is -2.36. The average Bonchev–Trinajstić information content (AvgIpc) is 2.90. The van der Waals surface area contributed by atoms with Crippen LogP contribution in [0.2, 0.25) is 0 Å². The van der Waals surface area contributed by atoms with E-state index in [-0.39, 0.29) is 42.2 Å². The summed E-state index contributed by atoms with van der Waals surface area (Å²) in [6.45, 7) is 5.57. The van der Waals surface area contributed by atoms with Crippen molar-refractivity contribution >= 4 is 17.8 Å². The molecule has 1 unspecified atom stereocenters. The number of aromatic carboxylic acids is 1. The maximum Gasteiger partial charge on any atom is 0.371 e. The van der Waals surface area contributed by atoms with Gasteiger partial charge in [-0.15, -0.1) is 0 Å². The zero-order chi connectivity index (χ0) is 15.1. The van der Waals surface area contributed by atoms with Gasteiger partial charge >= 0.3 is 5.97 Å². The van der Waals surface area contributed by atoms with Gasteiger partial charge in [0, 0.05) is 6.42 Å². The van der Waals surface area contributed by atoms with E-state index in [1.807, 2.05) is 13.8 Å². The molecule has 2 rings (SSSR count). The molecule has 1 aliphatic rings. The Morgan fingerprint density at radius 3 is 2.55 bits per heavy atom. The van der Waals surface area contributed by atoms with Crippen molar-refractivity contribution in [3.8, 4) is 0 Å². The molecule has 0 spiro atoms. The predicted octanol–water partition coefficient (Wildman–Crippen LogP) is 1.90. The Labute approximate surface area is 116 Å². The van der Waals surface area contributed by atoms with E-state index in [9.17, 15) is 14.4 Å². The van der Waals surface area contributed by atoms with Crippen LogP contribution in [0.4, 0.5) is 0 Å². The highest BCUT2D eigenvalue weighted by molar-refractivity contribution is 6.05. The van der Waals surface area contributed by atoms with E-state index < -0.39 is 11.4 Å². The van der Waals surface area contributed by atoms with Gasteiger partial charge in [-0.25, -0.2) is 4.79 Å². The van der Waals surface area contributed by atoms with Crippen LogP contribution >= 0.6 is 0 Å². The predicted molar refractivity (Wildman–Crippen MR) is 68.8 cm³/mol. The van der Waals surface area contributed by atoms with Crippen molar-refractivity contribution in [3.63, 3.8) is 0 Å². The van der Waals surface area contributed by atoms with E-state index in [4.69, 9.17) is 9.52 Å². The largest absolute Gasteiger partial charge is 0.475 e. The summed E-state index contributed by atoms with van der Waals surface area (Å²) in [5.41, 5.74) is -0.695. The molecule has 6 nitrogen and oxygen atoms in total. The lowest BCUT2D eigenvalue weighted by Gasteiger charge is -2.25. The minimum atomic E-state index is -1.18. The van der Waals surface area contributed by atoms with Crippen molar-refractivity contribution in [2.75, 3.05) is 0 Å². The van der Waals surface area contributed by atoms with Crippen LogP contribution in [0.15, 0.2) is 16.5 Å². The summed E-state index contributed by atoms with van der Waals surface area (Å²) in [7, 11) is 0. The Balaban J connectivity index is 2.19. The lowest BCUT2D eigenvalue weighted by atomic mass is 9.78. The van der Waals surface area contributed by atoms with Crippen LogP contribution in [0, 0.1) is 11.3 Å². The van der Waals surface area contributed by atoms with Gasteiger partial charge in [0.2, 0.25) is 17.6 Å². The summed E-state index contributed by atoms with van der Waals surface area (Å²) >= 11 is 0. The standard InChI is InChI=1S/C14H17NO5/c1-8(2)14(3)6-11(16)15(13(14)19)7-9-4-5-10(20-9)12(17)18/h4-5,8H,6-7H2,1-3H3,(H,17,18). The third-order valence-electron chi connectivity index (χ3n) is 4.01. The van der Waals surface area contributed by atoms with Gasteiger partial charge in [0.1, 0.15) is 5.76 Å². The number of carboxylic acid groups (broad SMARTS) is 1. The SMILES string of the molecule is CC(C)C1(C)CC(=O)N(Cc2ccc(C(=O)O)o2)C1=O. The van der Waals surface area contributed by atoms with Gasteiger partial charge in [0.25, 0.3) is 0 Å². The molecule has 1 saturated heterocycles. The number of rotatable bonds is 4. The number of hydrogen-bond donors (Lipinski definition) is 1. The number of nitrogens with zero attached hydrogens (tertiary/aromatic N) is 1. The normalized spacial score (nSPS) is 22.9. The van der Waals surface area contributed by atoms with E-state index in [2.05, 4.69) is 0 Å². The van der Waals surface area contributed by atoms with Crippen LogP contribution in [0.25, 0.3) is 0 Å². The van der Waals surface area contributed by atoms with Crippen LogP contribution in [0.5, 0.6) is 0 Å². The molecule has 6 heteroatoms. The van der Waals surface area contributed by atoms with Gasteiger partial charge in [-0.05, 0) is 25.0 Å². The molecule has 2 amide bonds. The summed E-state index contributed by atoms with van der Waals surface area (Å²) in [5.74, 6) is -1.52. The van der Waals surface area contributed by atoms with Crippen molar-refractivity contribution in [1.29, 1.82) is 0 Å². The number of amides is 2. The summed E-state index contributed by atoms with van der Waals surface area (Å²) in [5, 5.41) is 8.78. The van der Waals surface area contributed by atoms with Gasteiger partial charge in [-0.3, -0.25) is 14.5 Å². The first kappa shape index (κ1) is 14.3. The molecule has 1 aromatic heterocycles. The van der Waals surface area contributed by atoms with Crippen molar-refractivity contribution in [2.45, 2.75) is 33.7 Å². The molecule has 1 atom stereocenters. The van der Waals surface area contributed by atoms with Gasteiger partial charge in [-0.1, -0.05) is 13.8 Å². The molecule has 0 bridgehead atoms. The third-order valence-corrected chi connectivity index (χ3v) is 4.01. The summed E-state index contributed by atoms with van der Waals surface area (Å²) in [6, 6.07) is 2.78. The van der Waals surface area contributed by atoms with Crippen molar-refractivity contribution < 1.29 is 23.9 Å². The number of carboxylic acids is 1. The first-order valence-electron chi connectivity index (χ1n) is 6.42. The minimum absolute atomic E-state index is 0.0206. The van der Waals surface area contributed by atoms with E-state index >= 15 is 0 Å². The molecule has 20 heavy (non-hydrogen) atoms. The molecule has 0 aromatic carbocycles. The average molecular weight is 279 g/mol. The van der Waals surface area contributed by atoms with E-state index in [1.165, 1.54) is 12.1 Å². The Morgan fingerprint density at radius 1 is 1.45 bits per heavy atom. The minimum Gasteiger partial charge on any atom is -0.475 e. The van der Waals surface area contributed by atoms with Crippen molar-refractivity contribution in [3.05, 3.63) is 23.7 Å². The molecule has 1 aliphatic heterocycles. The molecule has 2 heterocycles. The zero-order valence-electron chi connectivity index (χ0n) is 11.7. The smallest absolute Gasteiger partial charge is 0.371 e. The molecular weight excluding hydrogens is 262 g/mol. The summed E-state index contributed by atoms with van der Waals surface area (Å²) < 4.78 is 5.09. The van der Waals surface area contributed by atoms with Crippen molar-refractivity contribution in [2.24, 2.45) is 11.3 Å². The number of imide groups is 1. The Kier molecular flexibility index (Phi) is 3.41. The molecule has 1 N–H and O–H groups in total. The second kappa shape index (κ2) is 4.77. The quantitative estimate of drug-likeness (QED) is 0.850. The number of carbonyl (C=O) groups is 3. The van der Waals surface area contributed by atoms with Crippen LogP contribution in [-0.4, -0.2) is 27.8 Å². The summed E-state index contributed by atoms with van der Waals surface area (Å²) in [4.78, 5) is 36.2. The molecule has 0 radical (unpaired) electrons. The maximum absolute atomic E-state index is 12.4. The highest BCUT2D eigenvalue weighted by Gasteiger charge is 2.50. The Morgan fingerprint density at radius 2 is 2.10 bits per heavy atom. The van der Waals surface area contributed by atoms with E-state index in [0.717, 1.165) is 4.90 Å². The summed E-state index contributed by atoms with van der Waals surface area (Å²) in [6.07, 6.45) is 0.177. The molecule has 0 aliphatic carbocycles. The fourth-order valence-corrected chi connectivity index (χ4v) is 2.25. The number of carbonyl (C=O) groups excluding carboxylic acids is 2.